The van der Waals surface area contributed by atoms with Crippen LogP contribution in [0.3, 0.4) is 0 Å². The summed E-state index contributed by atoms with van der Waals surface area (Å²) in [6.45, 7) is 0.608. The first-order chi connectivity index (χ1) is 8.31. The van der Waals surface area contributed by atoms with E-state index in [9.17, 15) is 13.2 Å². The molecule has 1 atom stereocenters. The summed E-state index contributed by atoms with van der Waals surface area (Å²) in [7, 11) is 1.79. The Hall–Kier alpha value is -1.08. The monoisotopic (exact) mass is 265 g/mol. The minimum atomic E-state index is -4.30. The van der Waals surface area contributed by atoms with Gasteiger partial charge in [-0.2, -0.15) is 18.3 Å². The van der Waals surface area contributed by atoms with Crippen LogP contribution in [0.25, 0.3) is 0 Å². The molecular formula is C11H18F3N3O. The van der Waals surface area contributed by atoms with E-state index >= 15 is 0 Å². The molecule has 1 unspecified atom stereocenters. The van der Waals surface area contributed by atoms with Gasteiger partial charge in [0.25, 0.3) is 0 Å². The van der Waals surface area contributed by atoms with Gasteiger partial charge in [-0.05, 0) is 12.5 Å². The fourth-order valence-electron chi connectivity index (χ4n) is 1.59. The van der Waals surface area contributed by atoms with Crippen LogP contribution in [-0.2, 0) is 24.6 Å². The molecular weight excluding hydrogens is 247 g/mol. The Kier molecular flexibility index (Phi) is 5.15. The van der Waals surface area contributed by atoms with Crippen LogP contribution in [0, 0.1) is 0 Å². The lowest BCUT2D eigenvalue weighted by atomic mass is 10.1. The van der Waals surface area contributed by atoms with Gasteiger partial charge in [0.1, 0.15) is 6.61 Å². The molecule has 0 saturated heterocycles. The Morgan fingerprint density at radius 1 is 1.50 bits per heavy atom. The maximum Gasteiger partial charge on any atom is 0.411 e. The van der Waals surface area contributed by atoms with Crippen molar-refractivity contribution >= 4 is 0 Å². The zero-order valence-corrected chi connectivity index (χ0v) is 10.5. The first-order valence-corrected chi connectivity index (χ1v) is 5.73. The van der Waals surface area contributed by atoms with E-state index in [1.54, 1.807) is 11.7 Å². The summed E-state index contributed by atoms with van der Waals surface area (Å²) in [4.78, 5) is 0. The van der Waals surface area contributed by atoms with E-state index in [1.165, 1.54) is 0 Å². The summed E-state index contributed by atoms with van der Waals surface area (Å²) in [5.41, 5.74) is 7.56. The minimum absolute atomic E-state index is 0.119. The van der Waals surface area contributed by atoms with Crippen molar-refractivity contribution in [3.8, 4) is 0 Å². The molecule has 1 aromatic rings. The van der Waals surface area contributed by atoms with Gasteiger partial charge in [0, 0.05) is 25.2 Å². The maximum atomic E-state index is 11.9. The Morgan fingerprint density at radius 3 is 2.67 bits per heavy atom. The molecule has 2 N–H and O–H groups in total. The van der Waals surface area contributed by atoms with E-state index in [4.69, 9.17) is 5.73 Å². The number of ether oxygens (including phenoxy) is 1. The summed E-state index contributed by atoms with van der Waals surface area (Å²) in [5, 5.41) is 4.24. The van der Waals surface area contributed by atoms with E-state index in [1.807, 2.05) is 13.0 Å². The second-order valence-electron chi connectivity index (χ2n) is 4.20. The summed E-state index contributed by atoms with van der Waals surface area (Å²) >= 11 is 0. The quantitative estimate of drug-likeness (QED) is 0.846. The Bertz CT molecular complexity index is 376. The molecule has 1 rings (SSSR count). The molecule has 0 aromatic carbocycles. The molecule has 0 saturated carbocycles. The van der Waals surface area contributed by atoms with Crippen molar-refractivity contribution in [1.29, 1.82) is 0 Å². The predicted molar refractivity (Wildman–Crippen MR) is 61.1 cm³/mol. The lowest BCUT2D eigenvalue weighted by Gasteiger charge is -2.13. The highest BCUT2D eigenvalue weighted by Crippen LogP contribution is 2.14. The van der Waals surface area contributed by atoms with Crippen LogP contribution in [0.2, 0.25) is 0 Å². The Labute approximate surface area is 104 Å². The van der Waals surface area contributed by atoms with E-state index in [2.05, 4.69) is 9.84 Å². The molecule has 0 spiro atoms. The average molecular weight is 265 g/mol. The van der Waals surface area contributed by atoms with E-state index in [0.717, 1.165) is 17.8 Å². The second-order valence-corrected chi connectivity index (χ2v) is 4.20. The molecule has 1 heterocycles. The third-order valence-electron chi connectivity index (χ3n) is 2.46. The van der Waals surface area contributed by atoms with Crippen LogP contribution in [0.1, 0.15) is 18.3 Å². The Balaban J connectivity index is 2.39. The van der Waals surface area contributed by atoms with Crippen molar-refractivity contribution in [1.82, 2.24) is 9.78 Å². The van der Waals surface area contributed by atoms with Gasteiger partial charge in [0.2, 0.25) is 0 Å². The first kappa shape index (κ1) is 15.0. The van der Waals surface area contributed by atoms with Gasteiger partial charge in [-0.1, -0.05) is 6.92 Å². The van der Waals surface area contributed by atoms with E-state index in [-0.39, 0.29) is 6.61 Å². The maximum absolute atomic E-state index is 11.9. The number of aryl methyl sites for hydroxylation is 2. The van der Waals surface area contributed by atoms with Crippen LogP contribution < -0.4 is 5.73 Å². The number of alkyl halides is 3. The molecule has 4 nitrogen and oxygen atoms in total. The van der Waals surface area contributed by atoms with Gasteiger partial charge < -0.3 is 10.5 Å². The molecule has 0 bridgehead atoms. The van der Waals surface area contributed by atoms with Crippen molar-refractivity contribution in [3.05, 3.63) is 17.5 Å². The van der Waals surface area contributed by atoms with Gasteiger partial charge in [0.05, 0.1) is 12.3 Å². The van der Waals surface area contributed by atoms with Crippen molar-refractivity contribution in [2.75, 3.05) is 13.2 Å². The first-order valence-electron chi connectivity index (χ1n) is 5.73. The molecule has 0 aliphatic carbocycles. The zero-order chi connectivity index (χ0) is 13.8. The van der Waals surface area contributed by atoms with Crippen molar-refractivity contribution in [3.63, 3.8) is 0 Å². The van der Waals surface area contributed by atoms with Crippen LogP contribution >= 0.6 is 0 Å². The number of nitrogens with zero attached hydrogens (tertiary/aromatic N) is 2. The third kappa shape index (κ3) is 5.05. The van der Waals surface area contributed by atoms with Gasteiger partial charge >= 0.3 is 6.18 Å². The highest BCUT2D eigenvalue weighted by atomic mass is 19.4. The lowest BCUT2D eigenvalue weighted by Crippen LogP contribution is -2.31. The molecule has 104 valence electrons. The van der Waals surface area contributed by atoms with E-state index < -0.39 is 18.8 Å². The normalized spacial score (nSPS) is 13.9. The number of nitrogens with two attached hydrogens (primary N) is 1. The minimum Gasteiger partial charge on any atom is -0.370 e. The zero-order valence-electron chi connectivity index (χ0n) is 10.5. The van der Waals surface area contributed by atoms with Gasteiger partial charge in [-0.15, -0.1) is 0 Å². The topological polar surface area (TPSA) is 53.1 Å². The largest absolute Gasteiger partial charge is 0.411 e. The number of rotatable bonds is 6. The molecule has 7 heteroatoms. The standard InChI is InChI=1S/C11H18F3N3O/c1-3-9-5-10(17(2)16-9)4-8(15)6-18-7-11(12,13)14/h5,8H,3-4,6-7,15H2,1-2H3. The Morgan fingerprint density at radius 2 is 2.17 bits per heavy atom. The van der Waals surface area contributed by atoms with E-state index in [0.29, 0.717) is 6.42 Å². The molecule has 0 aliphatic heterocycles. The van der Waals surface area contributed by atoms with Crippen LogP contribution in [0.4, 0.5) is 13.2 Å². The highest BCUT2D eigenvalue weighted by molar-refractivity contribution is 5.11. The summed E-state index contributed by atoms with van der Waals surface area (Å²) in [6, 6.07) is 1.44. The summed E-state index contributed by atoms with van der Waals surface area (Å²) in [5.74, 6) is 0. The predicted octanol–water partition coefficient (Wildman–Crippen LogP) is 1.43. The fraction of sp³-hybridized carbons (Fsp3) is 0.727. The molecule has 18 heavy (non-hydrogen) atoms. The average Bonchev–Trinajstić information content (AvgIpc) is 2.57. The highest BCUT2D eigenvalue weighted by Gasteiger charge is 2.27. The fourth-order valence-corrected chi connectivity index (χ4v) is 1.59. The van der Waals surface area contributed by atoms with Crippen LogP contribution in [0.5, 0.6) is 0 Å². The number of halogens is 3. The van der Waals surface area contributed by atoms with Crippen LogP contribution in [0.15, 0.2) is 6.07 Å². The summed E-state index contributed by atoms with van der Waals surface area (Å²) < 4.78 is 41.8. The number of hydrogen-bond acceptors (Lipinski definition) is 3. The lowest BCUT2D eigenvalue weighted by molar-refractivity contribution is -0.174. The molecule has 0 aliphatic rings. The molecule has 1 aromatic heterocycles. The van der Waals surface area contributed by atoms with Gasteiger partial charge in [-0.3, -0.25) is 4.68 Å². The smallest absolute Gasteiger partial charge is 0.370 e. The molecule has 0 radical (unpaired) electrons. The van der Waals surface area contributed by atoms with Crippen LogP contribution in [-0.4, -0.2) is 35.2 Å². The molecule has 0 amide bonds. The van der Waals surface area contributed by atoms with Gasteiger partial charge in [0.15, 0.2) is 0 Å². The number of aromatic nitrogens is 2. The SMILES string of the molecule is CCc1cc(CC(N)COCC(F)(F)F)n(C)n1. The van der Waals surface area contributed by atoms with Gasteiger partial charge in [-0.25, -0.2) is 0 Å². The van der Waals surface area contributed by atoms with Crippen molar-refractivity contribution in [2.45, 2.75) is 32.0 Å². The second kappa shape index (κ2) is 6.19. The summed E-state index contributed by atoms with van der Waals surface area (Å²) in [6.07, 6.45) is -3.05. The third-order valence-corrected chi connectivity index (χ3v) is 2.46. The molecule has 0 fully saturated rings. The van der Waals surface area contributed by atoms with Crippen molar-refractivity contribution < 1.29 is 17.9 Å². The van der Waals surface area contributed by atoms with Crippen molar-refractivity contribution in [2.24, 2.45) is 12.8 Å². The number of hydrogen-bond donors (Lipinski definition) is 1.